The summed E-state index contributed by atoms with van der Waals surface area (Å²) in [5, 5.41) is 10.2. The van der Waals surface area contributed by atoms with Gasteiger partial charge in [-0.2, -0.15) is 0 Å². The lowest BCUT2D eigenvalue weighted by molar-refractivity contribution is 0.184. The highest BCUT2D eigenvalue weighted by Crippen LogP contribution is 2.31. The number of aliphatic hydroxyl groups excluding tert-OH is 1. The Morgan fingerprint density at radius 1 is 1.44 bits per heavy atom. The van der Waals surface area contributed by atoms with E-state index in [2.05, 4.69) is 15.9 Å². The summed E-state index contributed by atoms with van der Waals surface area (Å²) in [4.78, 5) is 0. The fourth-order valence-electron chi connectivity index (χ4n) is 1.35. The van der Waals surface area contributed by atoms with Crippen LogP contribution in [0.5, 0.6) is 0 Å². The van der Waals surface area contributed by atoms with Gasteiger partial charge in [-0.1, -0.05) is 11.6 Å². The third-order valence-corrected chi connectivity index (χ3v) is 3.34. The van der Waals surface area contributed by atoms with Crippen LogP contribution in [0.2, 0.25) is 5.02 Å². The Kier molecular flexibility index (Phi) is 3.33. The minimum Gasteiger partial charge on any atom is -0.466 e. The number of halogens is 3. The van der Waals surface area contributed by atoms with E-state index in [0.29, 0.717) is 9.50 Å². The smallest absolute Gasteiger partial charge is 0.139 e. The van der Waals surface area contributed by atoms with Gasteiger partial charge in [0.1, 0.15) is 17.7 Å². The molecule has 16 heavy (non-hydrogen) atoms. The lowest BCUT2D eigenvalue weighted by Crippen LogP contribution is -2.01. The molecule has 84 valence electrons. The van der Waals surface area contributed by atoms with Crippen molar-refractivity contribution in [2.24, 2.45) is 0 Å². The maximum absolute atomic E-state index is 13.6. The first-order valence-corrected chi connectivity index (χ1v) is 5.62. The molecule has 0 aliphatic heterocycles. The van der Waals surface area contributed by atoms with E-state index in [1.54, 1.807) is 12.1 Å². The van der Waals surface area contributed by atoms with Crippen LogP contribution >= 0.6 is 27.5 Å². The van der Waals surface area contributed by atoms with Crippen LogP contribution in [0.4, 0.5) is 4.39 Å². The van der Waals surface area contributed by atoms with E-state index in [9.17, 15) is 9.50 Å². The third-order valence-electron chi connectivity index (χ3n) is 2.15. The van der Waals surface area contributed by atoms with Gasteiger partial charge < -0.3 is 9.52 Å². The summed E-state index contributed by atoms with van der Waals surface area (Å²) in [6, 6.07) is 5.77. The summed E-state index contributed by atoms with van der Waals surface area (Å²) in [5.41, 5.74) is 0.0863. The van der Waals surface area contributed by atoms with Crippen molar-refractivity contribution >= 4 is 27.5 Å². The lowest BCUT2D eigenvalue weighted by atomic mass is 10.1. The first-order valence-electron chi connectivity index (χ1n) is 4.45. The Bertz CT molecular complexity index is 499. The monoisotopic (exact) mass is 304 g/mol. The third kappa shape index (κ3) is 2.14. The first kappa shape index (κ1) is 11.6. The van der Waals surface area contributed by atoms with Crippen molar-refractivity contribution < 1.29 is 13.9 Å². The molecule has 5 heteroatoms. The molecule has 0 spiro atoms. The summed E-state index contributed by atoms with van der Waals surface area (Å²) in [6.07, 6.45) is 0.261. The van der Waals surface area contributed by atoms with Crippen molar-refractivity contribution in [1.82, 2.24) is 0 Å². The van der Waals surface area contributed by atoms with E-state index in [1.807, 2.05) is 0 Å². The van der Waals surface area contributed by atoms with E-state index in [0.717, 1.165) is 0 Å². The maximum Gasteiger partial charge on any atom is 0.139 e. The molecule has 0 saturated carbocycles. The normalized spacial score (nSPS) is 12.8. The molecular formula is C11H7BrClFO2. The summed E-state index contributed by atoms with van der Waals surface area (Å²) >= 11 is 8.94. The molecule has 0 fully saturated rings. The number of aliphatic hydroxyl groups is 1. The Morgan fingerprint density at radius 2 is 2.19 bits per heavy atom. The van der Waals surface area contributed by atoms with E-state index < -0.39 is 11.9 Å². The van der Waals surface area contributed by atoms with Crippen LogP contribution in [0.25, 0.3) is 0 Å². The Morgan fingerprint density at radius 3 is 2.81 bits per heavy atom. The molecule has 0 saturated heterocycles. The second kappa shape index (κ2) is 4.57. The highest BCUT2D eigenvalue weighted by atomic mass is 79.9. The van der Waals surface area contributed by atoms with Crippen molar-refractivity contribution in [3.05, 3.63) is 57.2 Å². The van der Waals surface area contributed by atoms with Gasteiger partial charge in [0.15, 0.2) is 0 Å². The number of hydrogen-bond donors (Lipinski definition) is 1. The Balaban J connectivity index is 2.44. The van der Waals surface area contributed by atoms with Crippen LogP contribution in [-0.4, -0.2) is 5.11 Å². The van der Waals surface area contributed by atoms with Crippen LogP contribution in [0.15, 0.2) is 39.4 Å². The molecule has 2 rings (SSSR count). The minimum atomic E-state index is -1.15. The fraction of sp³-hybridized carbons (Fsp3) is 0.0909. The van der Waals surface area contributed by atoms with E-state index in [4.69, 9.17) is 16.0 Å². The van der Waals surface area contributed by atoms with Gasteiger partial charge in [0, 0.05) is 10.0 Å². The molecule has 0 aliphatic rings. The number of furan rings is 1. The second-order valence-electron chi connectivity index (χ2n) is 3.21. The molecule has 0 amide bonds. The molecule has 1 N–H and O–H groups in total. The molecule has 2 nitrogen and oxygen atoms in total. The van der Waals surface area contributed by atoms with Gasteiger partial charge in [-0.25, -0.2) is 4.39 Å². The molecule has 2 aromatic rings. The molecule has 0 aliphatic carbocycles. The van der Waals surface area contributed by atoms with Gasteiger partial charge in [0.2, 0.25) is 0 Å². The fourth-order valence-corrected chi connectivity index (χ4v) is 1.84. The number of rotatable bonds is 2. The van der Waals surface area contributed by atoms with Crippen molar-refractivity contribution in [1.29, 1.82) is 0 Å². The van der Waals surface area contributed by atoms with Gasteiger partial charge in [-0.05, 0) is 40.2 Å². The average Bonchev–Trinajstić information content (AvgIpc) is 2.75. The predicted octanol–water partition coefficient (Wildman–Crippen LogP) is 3.92. The molecular weight excluding hydrogens is 298 g/mol. The quantitative estimate of drug-likeness (QED) is 0.853. The number of hydrogen-bond acceptors (Lipinski definition) is 2. The first-order chi connectivity index (χ1) is 7.59. The zero-order chi connectivity index (χ0) is 11.7. The summed E-state index contributed by atoms with van der Waals surface area (Å²) in [6.45, 7) is 0. The zero-order valence-corrected chi connectivity index (χ0v) is 10.3. The van der Waals surface area contributed by atoms with E-state index in [-0.39, 0.29) is 11.3 Å². The van der Waals surface area contributed by atoms with Crippen molar-refractivity contribution in [3.8, 4) is 0 Å². The predicted molar refractivity (Wildman–Crippen MR) is 61.9 cm³/mol. The molecule has 1 aromatic carbocycles. The van der Waals surface area contributed by atoms with Crippen molar-refractivity contribution in [3.63, 3.8) is 0 Å². The van der Waals surface area contributed by atoms with Crippen molar-refractivity contribution in [2.45, 2.75) is 6.10 Å². The van der Waals surface area contributed by atoms with Crippen LogP contribution in [0, 0.1) is 5.82 Å². The highest BCUT2D eigenvalue weighted by molar-refractivity contribution is 9.10. The summed E-state index contributed by atoms with van der Waals surface area (Å²) in [5.74, 6) is -0.266. The Labute approximate surface area is 105 Å². The highest BCUT2D eigenvalue weighted by Gasteiger charge is 2.19. The lowest BCUT2D eigenvalue weighted by Gasteiger charge is -2.10. The largest absolute Gasteiger partial charge is 0.466 e. The van der Waals surface area contributed by atoms with Crippen LogP contribution in [0.3, 0.4) is 0 Å². The van der Waals surface area contributed by atoms with Gasteiger partial charge in [-0.3, -0.25) is 0 Å². The van der Waals surface area contributed by atoms with E-state index >= 15 is 0 Å². The molecule has 0 radical (unpaired) electrons. The zero-order valence-electron chi connectivity index (χ0n) is 7.95. The molecule has 1 unspecified atom stereocenters. The molecule has 1 atom stereocenters. The van der Waals surface area contributed by atoms with Crippen LogP contribution in [-0.2, 0) is 0 Å². The second-order valence-corrected chi connectivity index (χ2v) is 4.47. The SMILES string of the molecule is OC(c1ccco1)c1cc(Cl)c(Br)cc1F. The van der Waals surface area contributed by atoms with Crippen molar-refractivity contribution in [2.75, 3.05) is 0 Å². The average molecular weight is 306 g/mol. The standard InChI is InChI=1S/C11H7BrClFO2/c12-7-5-9(14)6(4-8(7)13)11(15)10-2-1-3-16-10/h1-5,11,15H. The van der Waals surface area contributed by atoms with Gasteiger partial charge >= 0.3 is 0 Å². The van der Waals surface area contributed by atoms with Gasteiger partial charge in [-0.15, -0.1) is 0 Å². The molecule has 1 heterocycles. The van der Waals surface area contributed by atoms with Gasteiger partial charge in [0.05, 0.1) is 11.3 Å². The maximum atomic E-state index is 13.6. The summed E-state index contributed by atoms with van der Waals surface area (Å²) < 4.78 is 19.0. The van der Waals surface area contributed by atoms with Crippen LogP contribution in [0.1, 0.15) is 17.4 Å². The number of benzene rings is 1. The van der Waals surface area contributed by atoms with Gasteiger partial charge in [0.25, 0.3) is 0 Å². The molecule has 0 bridgehead atoms. The summed E-state index contributed by atoms with van der Waals surface area (Å²) in [7, 11) is 0. The van der Waals surface area contributed by atoms with Crippen LogP contribution < -0.4 is 0 Å². The van der Waals surface area contributed by atoms with E-state index in [1.165, 1.54) is 18.4 Å². The topological polar surface area (TPSA) is 33.4 Å². The molecule has 1 aromatic heterocycles. The minimum absolute atomic E-state index is 0.0863. The Hall–Kier alpha value is -0.840.